The first-order chi connectivity index (χ1) is 10.7. The Bertz CT molecular complexity index is 628. The maximum absolute atomic E-state index is 12.4. The van der Waals surface area contributed by atoms with Crippen LogP contribution in [0, 0.1) is 0 Å². The van der Waals surface area contributed by atoms with Gasteiger partial charge in [0.2, 0.25) is 0 Å². The summed E-state index contributed by atoms with van der Waals surface area (Å²) in [5, 5.41) is 2.43. The maximum Gasteiger partial charge on any atom is 0.416 e. The minimum absolute atomic E-state index is 0.122. The highest BCUT2D eigenvalue weighted by Crippen LogP contribution is 2.29. The first-order valence-corrected chi connectivity index (χ1v) is 6.67. The molecule has 1 aliphatic heterocycles. The molecule has 0 saturated carbocycles. The van der Waals surface area contributed by atoms with Gasteiger partial charge in [-0.3, -0.25) is 9.69 Å². The summed E-state index contributed by atoms with van der Waals surface area (Å²) in [6.45, 7) is 1.76. The second kappa shape index (κ2) is 6.27. The standard InChI is InChI=1S/C14H13F3N2O4/c1-8(11(20)19-7-6-18-13(19)22)23-12(21)9-2-4-10(5-3-9)14(15,16)17/h2-5,8H,6-7H2,1H3,(H,18,22). The number of alkyl halides is 3. The summed E-state index contributed by atoms with van der Waals surface area (Å²) in [6.07, 6.45) is -5.73. The minimum atomic E-state index is -4.51. The minimum Gasteiger partial charge on any atom is -0.449 e. The van der Waals surface area contributed by atoms with Crippen molar-refractivity contribution < 1.29 is 32.3 Å². The van der Waals surface area contributed by atoms with Crippen LogP contribution in [0.3, 0.4) is 0 Å². The van der Waals surface area contributed by atoms with E-state index in [0.717, 1.165) is 29.2 Å². The Hall–Kier alpha value is -2.58. The van der Waals surface area contributed by atoms with Crippen molar-refractivity contribution in [1.82, 2.24) is 10.2 Å². The largest absolute Gasteiger partial charge is 0.449 e. The molecule has 0 aromatic heterocycles. The van der Waals surface area contributed by atoms with Gasteiger partial charge >= 0.3 is 18.2 Å². The Labute approximate surface area is 129 Å². The molecule has 1 heterocycles. The smallest absolute Gasteiger partial charge is 0.416 e. The number of hydrogen-bond donors (Lipinski definition) is 1. The molecule has 23 heavy (non-hydrogen) atoms. The van der Waals surface area contributed by atoms with Crippen molar-refractivity contribution in [2.75, 3.05) is 13.1 Å². The molecule has 0 aliphatic carbocycles. The molecule has 3 amide bonds. The number of ether oxygens (including phenoxy) is 1. The first-order valence-electron chi connectivity index (χ1n) is 6.67. The molecule has 124 valence electrons. The van der Waals surface area contributed by atoms with Crippen LogP contribution in [0.2, 0.25) is 0 Å². The molecule has 0 spiro atoms. The van der Waals surface area contributed by atoms with E-state index in [1.807, 2.05) is 0 Å². The van der Waals surface area contributed by atoms with E-state index in [2.05, 4.69) is 5.32 Å². The zero-order valence-electron chi connectivity index (χ0n) is 12.0. The molecule has 1 saturated heterocycles. The number of carbonyl (C=O) groups is 3. The summed E-state index contributed by atoms with van der Waals surface area (Å²) in [5.74, 6) is -1.64. The van der Waals surface area contributed by atoms with E-state index in [9.17, 15) is 27.6 Å². The lowest BCUT2D eigenvalue weighted by atomic mass is 10.1. The normalized spacial score (nSPS) is 16.0. The van der Waals surface area contributed by atoms with Crippen LogP contribution in [-0.2, 0) is 15.7 Å². The molecule has 0 radical (unpaired) electrons. The van der Waals surface area contributed by atoms with E-state index in [4.69, 9.17) is 4.74 Å². The topological polar surface area (TPSA) is 75.7 Å². The predicted octanol–water partition coefficient (Wildman–Crippen LogP) is 1.80. The van der Waals surface area contributed by atoms with Gasteiger partial charge in [-0.15, -0.1) is 0 Å². The van der Waals surface area contributed by atoms with Crippen LogP contribution in [0.15, 0.2) is 24.3 Å². The summed E-state index contributed by atoms with van der Waals surface area (Å²) in [6, 6.07) is 2.84. The zero-order valence-corrected chi connectivity index (χ0v) is 12.0. The number of imide groups is 1. The van der Waals surface area contributed by atoms with Crippen LogP contribution in [0.5, 0.6) is 0 Å². The molecule has 9 heteroatoms. The Morgan fingerprint density at radius 2 is 1.87 bits per heavy atom. The molecular formula is C14H13F3N2O4. The van der Waals surface area contributed by atoms with Crippen molar-refractivity contribution in [1.29, 1.82) is 0 Å². The number of esters is 1. The highest BCUT2D eigenvalue weighted by Gasteiger charge is 2.32. The number of carbonyl (C=O) groups excluding carboxylic acids is 3. The SMILES string of the molecule is CC(OC(=O)c1ccc(C(F)(F)F)cc1)C(=O)N1CCNC1=O. The molecule has 2 rings (SSSR count). The van der Waals surface area contributed by atoms with Crippen molar-refractivity contribution in [2.24, 2.45) is 0 Å². The Morgan fingerprint density at radius 3 is 2.35 bits per heavy atom. The van der Waals surface area contributed by atoms with E-state index in [0.29, 0.717) is 6.54 Å². The lowest BCUT2D eigenvalue weighted by molar-refractivity contribution is -0.137. The molecule has 1 aromatic rings. The molecule has 1 atom stereocenters. The number of rotatable bonds is 3. The van der Waals surface area contributed by atoms with Gasteiger partial charge in [0.1, 0.15) is 0 Å². The monoisotopic (exact) mass is 330 g/mol. The molecular weight excluding hydrogens is 317 g/mol. The number of nitrogens with one attached hydrogen (secondary N) is 1. The third kappa shape index (κ3) is 3.79. The Kier molecular flexibility index (Phi) is 4.57. The van der Waals surface area contributed by atoms with Crippen LogP contribution in [0.4, 0.5) is 18.0 Å². The van der Waals surface area contributed by atoms with Gasteiger partial charge in [-0.25, -0.2) is 9.59 Å². The van der Waals surface area contributed by atoms with Gasteiger partial charge in [-0.2, -0.15) is 13.2 Å². The maximum atomic E-state index is 12.4. The molecule has 6 nitrogen and oxygen atoms in total. The van der Waals surface area contributed by atoms with E-state index >= 15 is 0 Å². The lowest BCUT2D eigenvalue weighted by Crippen LogP contribution is -2.41. The third-order valence-corrected chi connectivity index (χ3v) is 3.20. The van der Waals surface area contributed by atoms with Crippen molar-refractivity contribution in [3.8, 4) is 0 Å². The number of nitrogens with zero attached hydrogens (tertiary/aromatic N) is 1. The second-order valence-corrected chi connectivity index (χ2v) is 4.84. The Morgan fingerprint density at radius 1 is 1.26 bits per heavy atom. The number of halogens is 3. The van der Waals surface area contributed by atoms with Crippen LogP contribution in [0.25, 0.3) is 0 Å². The fourth-order valence-electron chi connectivity index (χ4n) is 1.98. The van der Waals surface area contributed by atoms with Crippen LogP contribution in [0.1, 0.15) is 22.8 Å². The Balaban J connectivity index is 2.01. The first kappa shape index (κ1) is 16.8. The summed E-state index contributed by atoms with van der Waals surface area (Å²) in [4.78, 5) is 36.1. The van der Waals surface area contributed by atoms with Gasteiger partial charge in [0, 0.05) is 13.1 Å². The summed E-state index contributed by atoms with van der Waals surface area (Å²) in [5.41, 5.74) is -1.02. The predicted molar refractivity (Wildman–Crippen MR) is 71.4 cm³/mol. The zero-order chi connectivity index (χ0) is 17.2. The summed E-state index contributed by atoms with van der Waals surface area (Å²) in [7, 11) is 0. The van der Waals surface area contributed by atoms with Gasteiger partial charge in [-0.05, 0) is 31.2 Å². The van der Waals surface area contributed by atoms with Gasteiger partial charge in [0.05, 0.1) is 11.1 Å². The van der Waals surface area contributed by atoms with Crippen LogP contribution < -0.4 is 5.32 Å². The molecule has 1 N–H and O–H groups in total. The van der Waals surface area contributed by atoms with E-state index < -0.39 is 35.8 Å². The summed E-state index contributed by atoms with van der Waals surface area (Å²) < 4.78 is 42.2. The second-order valence-electron chi connectivity index (χ2n) is 4.84. The fraction of sp³-hybridized carbons (Fsp3) is 0.357. The van der Waals surface area contributed by atoms with Gasteiger partial charge in [0.15, 0.2) is 6.10 Å². The average Bonchev–Trinajstić information content (AvgIpc) is 2.91. The number of amides is 3. The van der Waals surface area contributed by atoms with Crippen LogP contribution in [-0.4, -0.2) is 42.0 Å². The van der Waals surface area contributed by atoms with Gasteiger partial charge in [-0.1, -0.05) is 0 Å². The van der Waals surface area contributed by atoms with Crippen molar-refractivity contribution in [3.05, 3.63) is 35.4 Å². The molecule has 1 fully saturated rings. The number of benzene rings is 1. The quantitative estimate of drug-likeness (QED) is 0.858. The highest BCUT2D eigenvalue weighted by atomic mass is 19.4. The van der Waals surface area contributed by atoms with Gasteiger partial charge in [0.25, 0.3) is 5.91 Å². The summed E-state index contributed by atoms with van der Waals surface area (Å²) >= 11 is 0. The van der Waals surface area contributed by atoms with Crippen LogP contribution >= 0.6 is 0 Å². The molecule has 1 aliphatic rings. The van der Waals surface area contributed by atoms with Crippen molar-refractivity contribution >= 4 is 17.9 Å². The molecule has 0 bridgehead atoms. The van der Waals surface area contributed by atoms with Crippen molar-refractivity contribution in [3.63, 3.8) is 0 Å². The molecule has 1 unspecified atom stereocenters. The van der Waals surface area contributed by atoms with E-state index in [-0.39, 0.29) is 12.1 Å². The average molecular weight is 330 g/mol. The highest BCUT2D eigenvalue weighted by molar-refractivity contribution is 5.99. The fourth-order valence-corrected chi connectivity index (χ4v) is 1.98. The van der Waals surface area contributed by atoms with Crippen molar-refractivity contribution in [2.45, 2.75) is 19.2 Å². The van der Waals surface area contributed by atoms with E-state index in [1.54, 1.807) is 0 Å². The number of urea groups is 1. The van der Waals surface area contributed by atoms with E-state index in [1.165, 1.54) is 6.92 Å². The van der Waals surface area contributed by atoms with Gasteiger partial charge < -0.3 is 10.1 Å². The third-order valence-electron chi connectivity index (χ3n) is 3.20. The molecule has 1 aromatic carbocycles. The number of hydrogen-bond acceptors (Lipinski definition) is 4. The lowest BCUT2D eigenvalue weighted by Gasteiger charge is -2.18.